The molecule has 5 heteroatoms. The number of hydrogen-bond acceptors (Lipinski definition) is 3. The zero-order valence-electron chi connectivity index (χ0n) is 10.2. The first kappa shape index (κ1) is 12.8. The highest BCUT2D eigenvalue weighted by molar-refractivity contribution is 9.10. The molecule has 0 spiro atoms. The van der Waals surface area contributed by atoms with E-state index < -0.39 is 0 Å². The molecule has 0 saturated carbocycles. The number of hydrogen-bond donors (Lipinski definition) is 0. The van der Waals surface area contributed by atoms with E-state index in [0.29, 0.717) is 22.5 Å². The summed E-state index contributed by atoms with van der Waals surface area (Å²) in [6.07, 6.45) is 0.801. The van der Waals surface area contributed by atoms with Crippen LogP contribution in [-0.4, -0.2) is 22.7 Å². The van der Waals surface area contributed by atoms with Crippen LogP contribution in [0.25, 0.3) is 11.3 Å². The number of nitrogens with zero attached hydrogens (tertiary/aromatic N) is 2. The third kappa shape index (κ3) is 2.18. The summed E-state index contributed by atoms with van der Waals surface area (Å²) in [6.45, 7) is 2.49. The summed E-state index contributed by atoms with van der Waals surface area (Å²) in [6, 6.07) is 7.56. The number of aryl methyl sites for hydroxylation is 1. The Balaban J connectivity index is 2.61. The van der Waals surface area contributed by atoms with Crippen molar-refractivity contribution in [3.8, 4) is 17.0 Å². The lowest BCUT2D eigenvalue weighted by molar-refractivity contribution is 0.112. The van der Waals surface area contributed by atoms with Gasteiger partial charge in [0.05, 0.1) is 12.2 Å². The Morgan fingerprint density at radius 3 is 2.83 bits per heavy atom. The van der Waals surface area contributed by atoms with Crippen molar-refractivity contribution in [1.29, 1.82) is 0 Å². The maximum Gasteiger partial charge on any atom is 0.155 e. The lowest BCUT2D eigenvalue weighted by atomic mass is 10.1. The van der Waals surface area contributed by atoms with Crippen molar-refractivity contribution in [2.75, 3.05) is 6.61 Å². The molecule has 94 valence electrons. The van der Waals surface area contributed by atoms with E-state index in [4.69, 9.17) is 4.74 Å². The van der Waals surface area contributed by atoms with Crippen molar-refractivity contribution >= 4 is 22.2 Å². The number of benzene rings is 1. The molecular formula is C13H13BrN2O2. The van der Waals surface area contributed by atoms with Gasteiger partial charge in [-0.05, 0) is 35.0 Å². The summed E-state index contributed by atoms with van der Waals surface area (Å²) < 4.78 is 7.85. The van der Waals surface area contributed by atoms with Gasteiger partial charge in [0.1, 0.15) is 16.0 Å². The molecule has 0 bridgehead atoms. The van der Waals surface area contributed by atoms with Gasteiger partial charge in [-0.25, -0.2) is 0 Å². The first-order chi connectivity index (χ1) is 8.69. The molecule has 0 N–H and O–H groups in total. The molecule has 0 aliphatic heterocycles. The van der Waals surface area contributed by atoms with E-state index >= 15 is 0 Å². The summed E-state index contributed by atoms with van der Waals surface area (Å²) in [7, 11) is 1.78. The number of carbonyl (C=O) groups is 1. The maximum atomic E-state index is 11.2. The van der Waals surface area contributed by atoms with E-state index in [-0.39, 0.29) is 0 Å². The van der Waals surface area contributed by atoms with Crippen LogP contribution in [-0.2, 0) is 7.05 Å². The molecule has 0 aliphatic carbocycles. The topological polar surface area (TPSA) is 44.1 Å². The van der Waals surface area contributed by atoms with E-state index in [1.54, 1.807) is 11.7 Å². The summed E-state index contributed by atoms with van der Waals surface area (Å²) in [5.74, 6) is 0.730. The van der Waals surface area contributed by atoms with Crippen molar-refractivity contribution in [3.63, 3.8) is 0 Å². The SMILES string of the molecule is CCOc1ccccc1-c1nn(C)c(Br)c1C=O. The van der Waals surface area contributed by atoms with Crippen molar-refractivity contribution in [3.05, 3.63) is 34.4 Å². The minimum absolute atomic E-state index is 0.532. The van der Waals surface area contributed by atoms with Crippen molar-refractivity contribution in [2.45, 2.75) is 6.92 Å². The van der Waals surface area contributed by atoms with Crippen LogP contribution >= 0.6 is 15.9 Å². The van der Waals surface area contributed by atoms with Gasteiger partial charge in [0, 0.05) is 12.6 Å². The van der Waals surface area contributed by atoms with Gasteiger partial charge in [-0.15, -0.1) is 0 Å². The molecule has 1 aromatic carbocycles. The lowest BCUT2D eigenvalue weighted by Gasteiger charge is -2.08. The van der Waals surface area contributed by atoms with Gasteiger partial charge < -0.3 is 4.74 Å². The number of carbonyl (C=O) groups excluding carboxylic acids is 1. The van der Waals surface area contributed by atoms with Gasteiger partial charge in [-0.2, -0.15) is 5.10 Å². The summed E-state index contributed by atoms with van der Waals surface area (Å²) in [4.78, 5) is 11.2. The molecule has 0 aliphatic rings. The van der Waals surface area contributed by atoms with Gasteiger partial charge >= 0.3 is 0 Å². The van der Waals surface area contributed by atoms with Crippen molar-refractivity contribution in [1.82, 2.24) is 9.78 Å². The fourth-order valence-corrected chi connectivity index (χ4v) is 2.13. The van der Waals surface area contributed by atoms with Crippen molar-refractivity contribution in [2.24, 2.45) is 7.05 Å². The smallest absolute Gasteiger partial charge is 0.155 e. The van der Waals surface area contributed by atoms with E-state index in [1.807, 2.05) is 31.2 Å². The Hall–Kier alpha value is -1.62. The average Bonchev–Trinajstić information content (AvgIpc) is 2.66. The molecule has 0 atom stereocenters. The number of aldehydes is 1. The van der Waals surface area contributed by atoms with Gasteiger partial charge in [0.15, 0.2) is 6.29 Å². The van der Waals surface area contributed by atoms with E-state index in [9.17, 15) is 4.79 Å². The molecule has 1 aromatic heterocycles. The Bertz CT molecular complexity index is 578. The highest BCUT2D eigenvalue weighted by Gasteiger charge is 2.18. The second-order valence-corrected chi connectivity index (χ2v) is 4.47. The Labute approximate surface area is 114 Å². The standard InChI is InChI=1S/C13H13BrN2O2/c1-3-18-11-7-5-4-6-9(11)12-10(8-17)13(14)16(2)15-12/h4-8H,3H2,1-2H3. The first-order valence-corrected chi connectivity index (χ1v) is 6.38. The zero-order valence-corrected chi connectivity index (χ0v) is 11.8. The number of aromatic nitrogens is 2. The van der Waals surface area contributed by atoms with Crippen LogP contribution in [0.15, 0.2) is 28.9 Å². The Morgan fingerprint density at radius 1 is 1.44 bits per heavy atom. The van der Waals surface area contributed by atoms with Crippen LogP contribution in [0.3, 0.4) is 0 Å². The molecular weight excluding hydrogens is 296 g/mol. The summed E-state index contributed by atoms with van der Waals surface area (Å²) in [5, 5.41) is 4.35. The molecule has 4 nitrogen and oxygen atoms in total. The molecule has 0 fully saturated rings. The van der Waals surface area contributed by atoms with Crippen LogP contribution in [0.4, 0.5) is 0 Å². The largest absolute Gasteiger partial charge is 0.493 e. The van der Waals surface area contributed by atoms with Gasteiger partial charge in [0.2, 0.25) is 0 Å². The minimum Gasteiger partial charge on any atom is -0.493 e. The van der Waals surface area contributed by atoms with Crippen LogP contribution < -0.4 is 4.74 Å². The predicted molar refractivity (Wildman–Crippen MR) is 72.9 cm³/mol. The Kier molecular flexibility index (Phi) is 3.81. The van der Waals surface area contributed by atoms with Crippen LogP contribution in [0, 0.1) is 0 Å². The van der Waals surface area contributed by atoms with Gasteiger partial charge in [-0.3, -0.25) is 9.48 Å². The molecule has 0 unspecified atom stereocenters. The second-order valence-electron chi connectivity index (χ2n) is 3.72. The molecule has 0 radical (unpaired) electrons. The summed E-state index contributed by atoms with van der Waals surface area (Å²) in [5.41, 5.74) is 1.98. The average molecular weight is 309 g/mol. The number of para-hydroxylation sites is 1. The fraction of sp³-hybridized carbons (Fsp3) is 0.231. The lowest BCUT2D eigenvalue weighted by Crippen LogP contribution is -1.95. The van der Waals surface area contributed by atoms with Crippen LogP contribution in [0.5, 0.6) is 5.75 Å². The zero-order chi connectivity index (χ0) is 13.1. The molecule has 2 aromatic rings. The molecule has 18 heavy (non-hydrogen) atoms. The van der Waals surface area contributed by atoms with Gasteiger partial charge in [0.25, 0.3) is 0 Å². The quantitative estimate of drug-likeness (QED) is 0.815. The molecule has 1 heterocycles. The van der Waals surface area contributed by atoms with Crippen LogP contribution in [0.2, 0.25) is 0 Å². The van der Waals surface area contributed by atoms with E-state index in [2.05, 4.69) is 21.0 Å². The maximum absolute atomic E-state index is 11.2. The van der Waals surface area contributed by atoms with E-state index in [1.165, 1.54) is 0 Å². The molecule has 0 saturated heterocycles. The third-order valence-electron chi connectivity index (χ3n) is 2.57. The normalized spacial score (nSPS) is 10.4. The minimum atomic E-state index is 0.532. The van der Waals surface area contributed by atoms with Gasteiger partial charge in [-0.1, -0.05) is 12.1 Å². The number of ether oxygens (including phenoxy) is 1. The van der Waals surface area contributed by atoms with Crippen LogP contribution in [0.1, 0.15) is 17.3 Å². The van der Waals surface area contributed by atoms with E-state index in [0.717, 1.165) is 17.6 Å². The number of halogens is 1. The second kappa shape index (κ2) is 5.35. The van der Waals surface area contributed by atoms with Crippen molar-refractivity contribution < 1.29 is 9.53 Å². The third-order valence-corrected chi connectivity index (χ3v) is 3.51. The fourth-order valence-electron chi connectivity index (χ4n) is 1.77. The predicted octanol–water partition coefficient (Wildman–Crippen LogP) is 3.06. The monoisotopic (exact) mass is 308 g/mol. The first-order valence-electron chi connectivity index (χ1n) is 5.59. The molecule has 2 rings (SSSR count). The highest BCUT2D eigenvalue weighted by Crippen LogP contribution is 2.33. The summed E-state index contributed by atoms with van der Waals surface area (Å²) >= 11 is 3.35. The Morgan fingerprint density at radius 2 is 2.17 bits per heavy atom. The molecule has 0 amide bonds. The highest BCUT2D eigenvalue weighted by atomic mass is 79.9. The number of rotatable bonds is 4.